The van der Waals surface area contributed by atoms with Crippen molar-refractivity contribution < 1.29 is 22.8 Å². The minimum absolute atomic E-state index is 0.266. The Labute approximate surface area is 176 Å². The van der Waals surface area contributed by atoms with E-state index in [2.05, 4.69) is 20.8 Å². The van der Waals surface area contributed by atoms with Gasteiger partial charge in [-0.2, -0.15) is 18.3 Å². The van der Waals surface area contributed by atoms with Crippen molar-refractivity contribution in [1.82, 2.24) is 5.32 Å². The second-order valence-corrected chi connectivity index (χ2v) is 8.42. The minimum atomic E-state index is -4.58. The number of para-hydroxylation sites is 1. The molecule has 2 aliphatic rings. The van der Waals surface area contributed by atoms with Crippen molar-refractivity contribution in [3.63, 3.8) is 0 Å². The van der Waals surface area contributed by atoms with Crippen LogP contribution in [-0.2, 0) is 15.8 Å². The van der Waals surface area contributed by atoms with Gasteiger partial charge in [0.25, 0.3) is 0 Å². The molecule has 162 valence electrons. The monoisotopic (exact) mass is 440 g/mol. The number of anilines is 1. The first-order chi connectivity index (χ1) is 14.3. The van der Waals surface area contributed by atoms with Crippen molar-refractivity contribution in [2.75, 3.05) is 5.32 Å². The van der Waals surface area contributed by atoms with Crippen molar-refractivity contribution in [1.29, 1.82) is 0 Å². The van der Waals surface area contributed by atoms with Crippen molar-refractivity contribution >= 4 is 40.1 Å². The van der Waals surface area contributed by atoms with E-state index >= 15 is 0 Å². The lowest BCUT2D eigenvalue weighted by atomic mass is 9.99. The van der Waals surface area contributed by atoms with Crippen LogP contribution in [0.25, 0.3) is 0 Å². The second-order valence-electron chi connectivity index (χ2n) is 7.23. The zero-order chi connectivity index (χ0) is 21.6. The highest BCUT2D eigenvalue weighted by atomic mass is 32.2. The Morgan fingerprint density at radius 2 is 1.77 bits per heavy atom. The summed E-state index contributed by atoms with van der Waals surface area (Å²) in [5.74, 6) is -1.08. The fourth-order valence-corrected chi connectivity index (χ4v) is 4.24. The molecule has 1 aromatic carbocycles. The minimum Gasteiger partial charge on any atom is -0.325 e. The third-order valence-electron chi connectivity index (χ3n) is 4.87. The summed E-state index contributed by atoms with van der Waals surface area (Å²) in [6.07, 6.45) is 2.67. The number of carbonyl (C=O) groups is 2. The number of nitrogens with one attached hydrogen (secondary N) is 2. The van der Waals surface area contributed by atoms with Gasteiger partial charge in [-0.1, -0.05) is 43.2 Å². The van der Waals surface area contributed by atoms with Crippen molar-refractivity contribution in [3.05, 3.63) is 29.8 Å². The summed E-state index contributed by atoms with van der Waals surface area (Å²) < 4.78 is 39.2. The lowest BCUT2D eigenvalue weighted by Gasteiger charge is -2.14. The molecular formula is C20H23F3N4O2S. The summed E-state index contributed by atoms with van der Waals surface area (Å²) in [4.78, 5) is 24.4. The summed E-state index contributed by atoms with van der Waals surface area (Å²) in [5.41, 5.74) is -0.260. The molecule has 1 saturated heterocycles. The molecule has 2 N–H and O–H groups in total. The van der Waals surface area contributed by atoms with E-state index < -0.39 is 28.8 Å². The highest BCUT2D eigenvalue weighted by Gasteiger charge is 2.35. The molecule has 0 radical (unpaired) electrons. The summed E-state index contributed by atoms with van der Waals surface area (Å²) >= 11 is 1.06. The Morgan fingerprint density at radius 3 is 2.47 bits per heavy atom. The van der Waals surface area contributed by atoms with Gasteiger partial charge in [-0.15, -0.1) is 5.10 Å². The topological polar surface area (TPSA) is 82.9 Å². The van der Waals surface area contributed by atoms with Gasteiger partial charge in [0.15, 0.2) is 5.17 Å². The molecule has 0 spiro atoms. The molecule has 1 saturated carbocycles. The van der Waals surface area contributed by atoms with Crippen LogP contribution in [0.4, 0.5) is 18.9 Å². The molecule has 1 aliphatic heterocycles. The number of hydrogen-bond donors (Lipinski definition) is 2. The Morgan fingerprint density at radius 1 is 1.10 bits per heavy atom. The predicted octanol–water partition coefficient (Wildman–Crippen LogP) is 4.72. The number of halogens is 3. The first kappa shape index (κ1) is 22.3. The Bertz CT molecular complexity index is 845. The van der Waals surface area contributed by atoms with Crippen LogP contribution in [0.2, 0.25) is 0 Å². The van der Waals surface area contributed by atoms with Gasteiger partial charge >= 0.3 is 6.18 Å². The standard InChI is InChI=1S/C20H23F3N4O2S/c21-20(22,23)14-10-6-7-11-15(14)24-17(28)12-16-18(29)25-19(30-16)27-26-13-8-4-2-1-3-5-9-13/h6-7,10-11,16H,1-5,8-9,12H2,(H,24,28)(H,25,27,29). The molecule has 30 heavy (non-hydrogen) atoms. The van der Waals surface area contributed by atoms with Gasteiger partial charge < -0.3 is 10.6 Å². The Kier molecular flexibility index (Phi) is 7.52. The molecule has 1 atom stereocenters. The molecule has 1 heterocycles. The summed E-state index contributed by atoms with van der Waals surface area (Å²) in [7, 11) is 0. The van der Waals surface area contributed by atoms with Gasteiger partial charge in [0, 0.05) is 12.1 Å². The Balaban J connectivity index is 1.59. The van der Waals surface area contributed by atoms with E-state index in [9.17, 15) is 22.8 Å². The van der Waals surface area contributed by atoms with Gasteiger partial charge in [0.2, 0.25) is 11.8 Å². The van der Waals surface area contributed by atoms with Gasteiger partial charge in [-0.05, 0) is 37.8 Å². The SMILES string of the molecule is O=C(CC1S/C(=N\N=C2CCCCCCC2)NC1=O)Nc1ccccc1C(F)(F)F. The van der Waals surface area contributed by atoms with Crippen LogP contribution in [0.15, 0.2) is 34.5 Å². The van der Waals surface area contributed by atoms with E-state index in [0.29, 0.717) is 5.17 Å². The van der Waals surface area contributed by atoms with Crippen LogP contribution in [0.1, 0.15) is 56.9 Å². The molecular weight excluding hydrogens is 417 g/mol. The fourth-order valence-electron chi connectivity index (χ4n) is 3.33. The third kappa shape index (κ3) is 6.32. The average Bonchev–Trinajstić information content (AvgIpc) is 2.99. The maximum Gasteiger partial charge on any atom is 0.418 e. The molecule has 1 aliphatic carbocycles. The maximum absolute atomic E-state index is 13.1. The molecule has 2 fully saturated rings. The molecule has 10 heteroatoms. The highest BCUT2D eigenvalue weighted by molar-refractivity contribution is 8.15. The van der Waals surface area contributed by atoms with E-state index in [1.165, 1.54) is 37.5 Å². The number of benzene rings is 1. The van der Waals surface area contributed by atoms with Crippen LogP contribution >= 0.6 is 11.8 Å². The van der Waals surface area contributed by atoms with Crippen LogP contribution in [0.3, 0.4) is 0 Å². The maximum atomic E-state index is 13.1. The summed E-state index contributed by atoms with van der Waals surface area (Å²) in [5, 5.41) is 12.8. The number of amides is 2. The van der Waals surface area contributed by atoms with E-state index in [4.69, 9.17) is 0 Å². The molecule has 0 bridgehead atoms. The van der Waals surface area contributed by atoms with Crippen molar-refractivity contribution in [2.45, 2.75) is 62.8 Å². The zero-order valence-corrected chi connectivity index (χ0v) is 17.1. The fraction of sp³-hybridized carbons (Fsp3) is 0.500. The van der Waals surface area contributed by atoms with Gasteiger partial charge in [-0.3, -0.25) is 9.59 Å². The highest BCUT2D eigenvalue weighted by Crippen LogP contribution is 2.34. The molecule has 6 nitrogen and oxygen atoms in total. The quantitative estimate of drug-likeness (QED) is 0.665. The summed E-state index contributed by atoms with van der Waals surface area (Å²) in [6, 6.07) is 4.73. The van der Waals surface area contributed by atoms with Crippen LogP contribution in [0, 0.1) is 0 Å². The third-order valence-corrected chi connectivity index (χ3v) is 5.94. The smallest absolute Gasteiger partial charge is 0.325 e. The lowest BCUT2D eigenvalue weighted by Crippen LogP contribution is -2.28. The Hall–Kier alpha value is -2.36. The van der Waals surface area contributed by atoms with E-state index in [1.807, 2.05) is 0 Å². The predicted molar refractivity (Wildman–Crippen MR) is 111 cm³/mol. The number of hydrogen-bond acceptors (Lipinski definition) is 5. The van der Waals surface area contributed by atoms with Crippen LogP contribution < -0.4 is 10.6 Å². The average molecular weight is 440 g/mol. The zero-order valence-electron chi connectivity index (χ0n) is 16.3. The molecule has 3 rings (SSSR count). The largest absolute Gasteiger partial charge is 0.418 e. The second kappa shape index (κ2) is 10.1. The van der Waals surface area contributed by atoms with Gasteiger partial charge in [0.05, 0.1) is 11.3 Å². The van der Waals surface area contributed by atoms with Crippen molar-refractivity contribution in [3.8, 4) is 0 Å². The summed E-state index contributed by atoms with van der Waals surface area (Å²) in [6.45, 7) is 0. The lowest BCUT2D eigenvalue weighted by molar-refractivity contribution is -0.137. The first-order valence-electron chi connectivity index (χ1n) is 9.90. The number of carbonyl (C=O) groups excluding carboxylic acids is 2. The van der Waals surface area contributed by atoms with E-state index in [-0.39, 0.29) is 12.1 Å². The molecule has 0 aromatic heterocycles. The van der Waals surface area contributed by atoms with E-state index in [0.717, 1.165) is 49.2 Å². The first-order valence-corrected chi connectivity index (χ1v) is 10.8. The van der Waals surface area contributed by atoms with Crippen LogP contribution in [-0.4, -0.2) is 27.9 Å². The van der Waals surface area contributed by atoms with Crippen molar-refractivity contribution in [2.24, 2.45) is 10.2 Å². The number of nitrogens with zero attached hydrogens (tertiary/aromatic N) is 2. The number of thioether (sulfide) groups is 1. The molecule has 2 amide bonds. The number of amidine groups is 1. The van der Waals surface area contributed by atoms with E-state index in [1.54, 1.807) is 0 Å². The molecule has 1 aromatic rings. The number of alkyl halides is 3. The van der Waals surface area contributed by atoms with Crippen LogP contribution in [0.5, 0.6) is 0 Å². The van der Waals surface area contributed by atoms with Gasteiger partial charge in [-0.25, -0.2) is 0 Å². The number of rotatable bonds is 4. The van der Waals surface area contributed by atoms with Gasteiger partial charge in [0.1, 0.15) is 5.25 Å². The normalized spacial score (nSPS) is 21.7. The molecule has 1 unspecified atom stereocenters.